The van der Waals surface area contributed by atoms with Crippen LogP contribution in [0.5, 0.6) is 0 Å². The van der Waals surface area contributed by atoms with Crippen molar-refractivity contribution in [2.24, 2.45) is 0 Å². The summed E-state index contributed by atoms with van der Waals surface area (Å²) in [4.78, 5) is 3.93. The van der Waals surface area contributed by atoms with Crippen LogP contribution < -0.4 is 5.32 Å². The molecule has 1 N–H and O–H groups in total. The van der Waals surface area contributed by atoms with Crippen LogP contribution in [0.2, 0.25) is 0 Å². The van der Waals surface area contributed by atoms with E-state index in [4.69, 9.17) is 0 Å². The number of pyridine rings is 1. The van der Waals surface area contributed by atoms with Gasteiger partial charge < -0.3 is 5.32 Å². The van der Waals surface area contributed by atoms with Crippen molar-refractivity contribution in [1.82, 2.24) is 14.8 Å². The van der Waals surface area contributed by atoms with E-state index < -0.39 is 11.7 Å². The van der Waals surface area contributed by atoms with E-state index in [2.05, 4.69) is 28.6 Å². The Balaban J connectivity index is 2.19. The van der Waals surface area contributed by atoms with Gasteiger partial charge in [-0.1, -0.05) is 38.3 Å². The first-order chi connectivity index (χ1) is 13.3. The van der Waals surface area contributed by atoms with E-state index in [0.717, 1.165) is 28.3 Å². The summed E-state index contributed by atoms with van der Waals surface area (Å²) in [6.07, 6.45) is -0.955. The predicted octanol–water partition coefficient (Wildman–Crippen LogP) is 5.63. The molecule has 4 nitrogen and oxygen atoms in total. The lowest BCUT2D eigenvalue weighted by molar-refractivity contribution is -0.137. The van der Waals surface area contributed by atoms with Gasteiger partial charge in [0.05, 0.1) is 5.69 Å². The van der Waals surface area contributed by atoms with Crippen LogP contribution in [-0.4, -0.2) is 14.8 Å². The van der Waals surface area contributed by atoms with Crippen molar-refractivity contribution < 1.29 is 13.2 Å². The highest BCUT2D eigenvalue weighted by molar-refractivity contribution is 5.66. The molecule has 0 saturated carbocycles. The molecule has 1 aromatic carbocycles. The number of halogens is 3. The summed E-state index contributed by atoms with van der Waals surface area (Å²) in [6, 6.07) is 11.6. The third-order valence-corrected chi connectivity index (χ3v) is 4.17. The normalized spacial score (nSPS) is 11.3. The summed E-state index contributed by atoms with van der Waals surface area (Å²) in [5, 5.41) is 7.34. The molecule has 2 heterocycles. The van der Waals surface area contributed by atoms with Crippen molar-refractivity contribution in [3.05, 3.63) is 84.7 Å². The summed E-state index contributed by atoms with van der Waals surface area (Å²) in [5.74, 6) is -0.00161. The summed E-state index contributed by atoms with van der Waals surface area (Å²) in [7, 11) is 0. The molecule has 0 unspecified atom stereocenters. The van der Waals surface area contributed by atoms with Gasteiger partial charge in [-0.05, 0) is 36.3 Å². The van der Waals surface area contributed by atoms with Crippen LogP contribution in [0.4, 0.5) is 19.0 Å². The first-order valence-corrected chi connectivity index (χ1v) is 8.63. The Morgan fingerprint density at radius 1 is 1.21 bits per heavy atom. The molecule has 0 amide bonds. The van der Waals surface area contributed by atoms with Crippen molar-refractivity contribution >= 4 is 5.82 Å². The molecule has 0 radical (unpaired) electrons. The molecule has 0 bridgehead atoms. The quantitative estimate of drug-likeness (QED) is 0.560. The van der Waals surface area contributed by atoms with Gasteiger partial charge in [0, 0.05) is 23.5 Å². The molecule has 3 rings (SSSR count). The van der Waals surface area contributed by atoms with Crippen molar-refractivity contribution in [3.8, 4) is 17.1 Å². The number of hydrogen-bond acceptors (Lipinski definition) is 3. The Hall–Kier alpha value is -3.35. The van der Waals surface area contributed by atoms with Gasteiger partial charge in [-0.3, -0.25) is 0 Å². The van der Waals surface area contributed by atoms with Crippen molar-refractivity contribution in [2.75, 3.05) is 5.32 Å². The van der Waals surface area contributed by atoms with E-state index in [9.17, 15) is 13.2 Å². The van der Waals surface area contributed by atoms with Gasteiger partial charge in [0.2, 0.25) is 0 Å². The van der Waals surface area contributed by atoms with E-state index in [1.54, 1.807) is 6.07 Å². The second-order valence-electron chi connectivity index (χ2n) is 6.11. The Kier molecular flexibility index (Phi) is 5.35. The monoisotopic (exact) mass is 384 g/mol. The SMILES string of the molecule is C=CC(=C)Nc1cc(-c2cccc(CC)c2)nn1-c1ncccc1C(F)(F)F. The van der Waals surface area contributed by atoms with Gasteiger partial charge in [-0.2, -0.15) is 23.0 Å². The number of nitrogens with one attached hydrogen (secondary N) is 1. The van der Waals surface area contributed by atoms with Gasteiger partial charge in [0.25, 0.3) is 0 Å². The minimum absolute atomic E-state index is 0.311. The number of allylic oxidation sites excluding steroid dienone is 1. The predicted molar refractivity (Wildman–Crippen MR) is 104 cm³/mol. The smallest absolute Gasteiger partial charge is 0.341 e. The number of alkyl halides is 3. The maximum absolute atomic E-state index is 13.5. The highest BCUT2D eigenvalue weighted by Crippen LogP contribution is 2.34. The molecular weight excluding hydrogens is 365 g/mol. The second kappa shape index (κ2) is 7.72. The Labute approximate surface area is 161 Å². The minimum Gasteiger partial charge on any atom is -0.341 e. The highest BCUT2D eigenvalue weighted by atomic mass is 19.4. The van der Waals surface area contributed by atoms with Gasteiger partial charge >= 0.3 is 6.18 Å². The lowest BCUT2D eigenvalue weighted by Crippen LogP contribution is -2.14. The first-order valence-electron chi connectivity index (χ1n) is 8.63. The van der Waals surface area contributed by atoms with E-state index >= 15 is 0 Å². The first kappa shape index (κ1) is 19.4. The van der Waals surface area contributed by atoms with E-state index in [1.165, 1.54) is 18.3 Å². The van der Waals surface area contributed by atoms with Crippen LogP contribution in [0.25, 0.3) is 17.1 Å². The van der Waals surface area contributed by atoms with Gasteiger partial charge in [-0.25, -0.2) is 4.98 Å². The number of aryl methyl sites for hydroxylation is 1. The Morgan fingerprint density at radius 3 is 2.68 bits per heavy atom. The summed E-state index contributed by atoms with van der Waals surface area (Å²) in [5.41, 5.74) is 1.98. The van der Waals surface area contributed by atoms with Gasteiger partial charge in [0.1, 0.15) is 11.4 Å². The third-order valence-electron chi connectivity index (χ3n) is 4.17. The van der Waals surface area contributed by atoms with E-state index in [-0.39, 0.29) is 5.82 Å². The number of nitrogens with zero attached hydrogens (tertiary/aromatic N) is 3. The third kappa shape index (κ3) is 3.98. The number of anilines is 1. The summed E-state index contributed by atoms with van der Waals surface area (Å²) in [6.45, 7) is 9.42. The lowest BCUT2D eigenvalue weighted by Gasteiger charge is -2.14. The largest absolute Gasteiger partial charge is 0.420 e. The van der Waals surface area contributed by atoms with Crippen LogP contribution in [0.3, 0.4) is 0 Å². The van der Waals surface area contributed by atoms with Crippen LogP contribution in [0.1, 0.15) is 18.1 Å². The molecule has 0 atom stereocenters. The van der Waals surface area contributed by atoms with Crippen molar-refractivity contribution in [1.29, 1.82) is 0 Å². The van der Waals surface area contributed by atoms with Crippen molar-refractivity contribution in [3.63, 3.8) is 0 Å². The molecule has 7 heteroatoms. The second-order valence-corrected chi connectivity index (χ2v) is 6.11. The number of hydrogen-bond donors (Lipinski definition) is 1. The Morgan fingerprint density at radius 2 is 2.00 bits per heavy atom. The molecule has 0 aliphatic heterocycles. The fourth-order valence-electron chi connectivity index (χ4n) is 2.73. The van der Waals surface area contributed by atoms with Crippen LogP contribution >= 0.6 is 0 Å². The zero-order valence-electron chi connectivity index (χ0n) is 15.3. The van der Waals surface area contributed by atoms with Gasteiger partial charge in [-0.15, -0.1) is 0 Å². The summed E-state index contributed by atoms with van der Waals surface area (Å²) >= 11 is 0. The van der Waals surface area contributed by atoms with E-state index in [0.29, 0.717) is 17.2 Å². The van der Waals surface area contributed by atoms with Crippen molar-refractivity contribution in [2.45, 2.75) is 19.5 Å². The average molecular weight is 384 g/mol. The molecule has 0 fully saturated rings. The fraction of sp³-hybridized carbons (Fsp3) is 0.143. The molecule has 28 heavy (non-hydrogen) atoms. The molecule has 0 aliphatic carbocycles. The van der Waals surface area contributed by atoms with Crippen LogP contribution in [0.15, 0.2) is 73.6 Å². The maximum atomic E-state index is 13.5. The van der Waals surface area contributed by atoms with E-state index in [1.807, 2.05) is 31.2 Å². The zero-order chi connectivity index (χ0) is 20.3. The zero-order valence-corrected chi connectivity index (χ0v) is 15.3. The summed E-state index contributed by atoms with van der Waals surface area (Å²) < 4.78 is 41.6. The number of aromatic nitrogens is 3. The average Bonchev–Trinajstić information content (AvgIpc) is 3.11. The standard InChI is InChI=1S/C21H19F3N4/c1-4-14(3)26-19-13-18(16-9-6-8-15(5-2)12-16)27-28(19)20-17(21(22,23)24)10-7-11-25-20/h4,6-13,26H,1,3,5H2,2H3. The number of rotatable bonds is 6. The van der Waals surface area contributed by atoms with Crippen LogP contribution in [0, 0.1) is 0 Å². The Bertz CT molecular complexity index is 1020. The molecular formula is C21H19F3N4. The fourth-order valence-corrected chi connectivity index (χ4v) is 2.73. The lowest BCUT2D eigenvalue weighted by atomic mass is 10.1. The molecule has 0 saturated heterocycles. The molecule has 0 aliphatic rings. The van der Waals surface area contributed by atoms with Gasteiger partial charge in [0.15, 0.2) is 5.82 Å². The minimum atomic E-state index is -4.56. The topological polar surface area (TPSA) is 42.7 Å². The van der Waals surface area contributed by atoms with Crippen LogP contribution in [-0.2, 0) is 12.6 Å². The number of benzene rings is 1. The molecule has 0 spiro atoms. The molecule has 144 valence electrons. The maximum Gasteiger partial charge on any atom is 0.420 e. The highest BCUT2D eigenvalue weighted by Gasteiger charge is 2.35. The molecule has 3 aromatic rings. The molecule has 2 aromatic heterocycles.